The average Bonchev–Trinajstić information content (AvgIpc) is 3.00. The number of hydrogen-bond donors (Lipinski definition) is 3. The van der Waals surface area contributed by atoms with Gasteiger partial charge in [0, 0.05) is 6.42 Å². The third kappa shape index (κ3) is 32.7. The zero-order valence-corrected chi connectivity index (χ0v) is 29.0. The van der Waals surface area contributed by atoms with Crippen molar-refractivity contribution in [3.8, 4) is 0 Å². The quantitative estimate of drug-likeness (QED) is 0.0427. The Morgan fingerprint density at radius 3 is 1.64 bits per heavy atom. The van der Waals surface area contributed by atoms with E-state index in [1.807, 2.05) is 0 Å². The molecule has 0 spiro atoms. The van der Waals surface area contributed by atoms with Gasteiger partial charge < -0.3 is 10.4 Å². The van der Waals surface area contributed by atoms with Gasteiger partial charge in [0.1, 0.15) is 0 Å². The Balaban J connectivity index is 4.15. The van der Waals surface area contributed by atoms with Crippen LogP contribution in [0.2, 0.25) is 0 Å². The van der Waals surface area contributed by atoms with E-state index in [0.29, 0.717) is 12.8 Å². The molecular weight excluding hydrogens is 582 g/mol. The molecule has 0 saturated heterocycles. The fourth-order valence-corrected chi connectivity index (χ4v) is 5.22. The third-order valence-electron chi connectivity index (χ3n) is 7.06. The Bertz CT molecular complexity index is 1020. The number of nitrogens with one attached hydrogen (secondary N) is 1. The Morgan fingerprint density at radius 2 is 1.09 bits per heavy atom. The van der Waals surface area contributed by atoms with E-state index in [1.165, 1.54) is 38.2 Å². The van der Waals surface area contributed by atoms with Crippen molar-refractivity contribution in [1.29, 1.82) is 0 Å². The second-order valence-corrected chi connectivity index (χ2v) is 12.9. The summed E-state index contributed by atoms with van der Waals surface area (Å²) in [6, 6.07) is -1.09. The highest BCUT2D eigenvalue weighted by molar-refractivity contribution is 7.85. The third-order valence-corrected chi connectivity index (χ3v) is 7.84. The van der Waals surface area contributed by atoms with E-state index < -0.39 is 28.0 Å². The Hall–Kier alpha value is -2.48. The molecule has 0 saturated carbocycles. The van der Waals surface area contributed by atoms with E-state index in [2.05, 4.69) is 92.1 Å². The van der Waals surface area contributed by atoms with Crippen LogP contribution in [-0.2, 0) is 14.9 Å². The molecule has 0 fully saturated rings. The monoisotopic (exact) mass is 645 g/mol. The van der Waals surface area contributed by atoms with E-state index in [-0.39, 0.29) is 12.3 Å². The lowest BCUT2D eigenvalue weighted by Gasteiger charge is -2.21. The summed E-state index contributed by atoms with van der Waals surface area (Å²) in [7, 11) is -4.36. The minimum Gasteiger partial charge on any atom is -0.387 e. The number of carbonyl (C=O) groups is 1. The van der Waals surface area contributed by atoms with Crippen LogP contribution in [0.15, 0.2) is 85.1 Å². The van der Waals surface area contributed by atoms with Gasteiger partial charge in [-0.1, -0.05) is 131 Å². The second-order valence-electron chi connectivity index (χ2n) is 11.4. The van der Waals surface area contributed by atoms with E-state index in [9.17, 15) is 22.9 Å². The number of hydrogen-bond acceptors (Lipinski definition) is 4. The van der Waals surface area contributed by atoms with Gasteiger partial charge >= 0.3 is 0 Å². The average molecular weight is 646 g/mol. The van der Waals surface area contributed by atoms with Crippen LogP contribution in [0.3, 0.4) is 0 Å². The van der Waals surface area contributed by atoms with Gasteiger partial charge in [0.2, 0.25) is 5.91 Å². The molecule has 1 amide bonds. The van der Waals surface area contributed by atoms with Crippen LogP contribution < -0.4 is 5.32 Å². The van der Waals surface area contributed by atoms with Crippen LogP contribution in [0.1, 0.15) is 129 Å². The first-order valence-electron chi connectivity index (χ1n) is 17.3. The summed E-state index contributed by atoms with van der Waals surface area (Å²) < 4.78 is 32.3. The minimum atomic E-state index is -4.36. The van der Waals surface area contributed by atoms with Gasteiger partial charge in [-0.2, -0.15) is 8.42 Å². The van der Waals surface area contributed by atoms with Crippen molar-refractivity contribution in [3.05, 3.63) is 85.1 Å². The molecule has 0 aliphatic rings. The zero-order valence-electron chi connectivity index (χ0n) is 28.2. The molecule has 2 unspecified atom stereocenters. The molecule has 0 aromatic heterocycles. The van der Waals surface area contributed by atoms with Gasteiger partial charge in [0.25, 0.3) is 10.1 Å². The lowest BCUT2D eigenvalue weighted by molar-refractivity contribution is -0.122. The van der Waals surface area contributed by atoms with Crippen molar-refractivity contribution in [3.63, 3.8) is 0 Å². The number of aliphatic hydroxyl groups excluding tert-OH is 1. The van der Waals surface area contributed by atoms with Gasteiger partial charge in [0.05, 0.1) is 17.9 Å². The van der Waals surface area contributed by atoms with Crippen LogP contribution in [0.5, 0.6) is 0 Å². The van der Waals surface area contributed by atoms with Crippen molar-refractivity contribution in [2.75, 3.05) is 5.75 Å². The summed E-state index contributed by atoms with van der Waals surface area (Å²) in [4.78, 5) is 12.4. The molecule has 7 heteroatoms. The maximum absolute atomic E-state index is 12.4. The summed E-state index contributed by atoms with van der Waals surface area (Å²) >= 11 is 0. The van der Waals surface area contributed by atoms with Gasteiger partial charge in [-0.05, 0) is 77.0 Å². The van der Waals surface area contributed by atoms with E-state index in [0.717, 1.165) is 64.2 Å². The number of carbonyl (C=O) groups excluding carboxylic acids is 1. The number of allylic oxidation sites excluding steroid dienone is 13. The maximum Gasteiger partial charge on any atom is 0.267 e. The van der Waals surface area contributed by atoms with E-state index in [4.69, 9.17) is 0 Å². The Labute approximate surface area is 276 Å². The smallest absolute Gasteiger partial charge is 0.267 e. The summed E-state index contributed by atoms with van der Waals surface area (Å²) in [5, 5.41) is 13.1. The van der Waals surface area contributed by atoms with Gasteiger partial charge in [-0.15, -0.1) is 0 Å². The van der Waals surface area contributed by atoms with Crippen LogP contribution in [0, 0.1) is 0 Å². The van der Waals surface area contributed by atoms with Crippen molar-refractivity contribution >= 4 is 16.0 Å². The zero-order chi connectivity index (χ0) is 33.3. The van der Waals surface area contributed by atoms with E-state index in [1.54, 1.807) is 6.08 Å². The predicted molar refractivity (Wildman–Crippen MR) is 193 cm³/mol. The molecule has 0 aromatic rings. The van der Waals surface area contributed by atoms with E-state index >= 15 is 0 Å². The lowest BCUT2D eigenvalue weighted by atomic mass is 10.1. The first kappa shape index (κ1) is 42.5. The largest absolute Gasteiger partial charge is 0.387 e. The van der Waals surface area contributed by atoms with Crippen LogP contribution in [0.4, 0.5) is 0 Å². The molecule has 256 valence electrons. The highest BCUT2D eigenvalue weighted by Crippen LogP contribution is 2.08. The molecule has 2 atom stereocenters. The summed E-state index contributed by atoms with van der Waals surface area (Å²) in [6.07, 6.45) is 45.7. The fourth-order valence-electron chi connectivity index (χ4n) is 4.49. The van der Waals surface area contributed by atoms with Crippen molar-refractivity contribution in [2.24, 2.45) is 0 Å². The molecule has 0 aliphatic heterocycles. The van der Waals surface area contributed by atoms with Crippen LogP contribution in [-0.4, -0.2) is 41.9 Å². The molecule has 0 aliphatic carbocycles. The fraction of sp³-hybridized carbons (Fsp3) is 0.605. The van der Waals surface area contributed by atoms with Crippen molar-refractivity contribution in [2.45, 2.75) is 142 Å². The second kappa shape index (κ2) is 31.5. The predicted octanol–water partition coefficient (Wildman–Crippen LogP) is 9.67. The molecule has 0 aromatic carbocycles. The summed E-state index contributed by atoms with van der Waals surface area (Å²) in [5.41, 5.74) is 0. The van der Waals surface area contributed by atoms with Gasteiger partial charge in [-0.25, -0.2) is 0 Å². The molecule has 0 rings (SSSR count). The first-order chi connectivity index (χ1) is 21.8. The molecule has 0 bridgehead atoms. The van der Waals surface area contributed by atoms with Gasteiger partial charge in [0.15, 0.2) is 0 Å². The van der Waals surface area contributed by atoms with Crippen LogP contribution in [0.25, 0.3) is 0 Å². The molecular formula is C38H63NO5S. The topological polar surface area (TPSA) is 104 Å². The number of rotatable bonds is 29. The Morgan fingerprint density at radius 1 is 0.622 bits per heavy atom. The minimum absolute atomic E-state index is 0.243. The normalized spacial score (nSPS) is 14.5. The highest BCUT2D eigenvalue weighted by Gasteiger charge is 2.24. The van der Waals surface area contributed by atoms with Gasteiger partial charge in [-0.3, -0.25) is 9.35 Å². The number of aliphatic hydroxyl groups is 1. The molecule has 6 nitrogen and oxygen atoms in total. The molecule has 45 heavy (non-hydrogen) atoms. The first-order valence-corrected chi connectivity index (χ1v) is 18.9. The standard InChI is InChI=1S/C38H63NO5S/c1-3-5-7-9-11-13-15-16-17-18-19-20-21-22-24-26-28-30-32-34-38(41)39-36(35-45(42,43)44)37(40)33-31-29-27-25-23-14-12-10-8-6-4-2/h5,7,11,13,16-17,19-20,22-25,31,33,36-37,40H,3-4,6,8-10,12,14-15,18,21,26-30,32,34-35H2,1-2H3,(H,39,41)(H,42,43,44)/b7-5-,13-11-,17-16-,20-19-,24-22-,25-23+,33-31+. The molecule has 0 heterocycles. The van der Waals surface area contributed by atoms with Crippen molar-refractivity contribution in [1.82, 2.24) is 5.32 Å². The molecule has 0 radical (unpaired) electrons. The maximum atomic E-state index is 12.4. The summed E-state index contributed by atoms with van der Waals surface area (Å²) in [6.45, 7) is 4.35. The van der Waals surface area contributed by atoms with Crippen LogP contribution >= 0.6 is 0 Å². The SMILES string of the molecule is CC/C=C\C/C=C\C/C=C\C/C=C\C/C=C\CCCCCC(=O)NC(CS(=O)(=O)O)C(O)/C=C/CC/C=C/CCCCCCC. The molecule has 3 N–H and O–H groups in total. The highest BCUT2D eigenvalue weighted by atomic mass is 32.2. The van der Waals surface area contributed by atoms with Crippen molar-refractivity contribution < 1.29 is 22.9 Å². The number of amides is 1. The summed E-state index contributed by atoms with van der Waals surface area (Å²) in [5.74, 6) is -1.06. The number of unbranched alkanes of at least 4 members (excludes halogenated alkanes) is 9. The Kier molecular flexibility index (Phi) is 29.8. The lowest BCUT2D eigenvalue weighted by Crippen LogP contribution is -2.46.